The van der Waals surface area contributed by atoms with Gasteiger partial charge in [-0.1, -0.05) is 52.8 Å². The van der Waals surface area contributed by atoms with Crippen molar-refractivity contribution in [2.45, 2.75) is 38.9 Å². The monoisotopic (exact) mass is 359 g/mol. The van der Waals surface area contributed by atoms with Crippen molar-refractivity contribution in [2.24, 2.45) is 0 Å². The molecule has 2 atom stereocenters. The van der Waals surface area contributed by atoms with Crippen molar-refractivity contribution in [3.63, 3.8) is 0 Å². The van der Waals surface area contributed by atoms with Gasteiger partial charge in [-0.2, -0.15) is 0 Å². The van der Waals surface area contributed by atoms with Gasteiger partial charge in [0.05, 0.1) is 7.11 Å². The first kappa shape index (κ1) is 19.8. The van der Waals surface area contributed by atoms with Crippen molar-refractivity contribution < 1.29 is 9.84 Å². The van der Waals surface area contributed by atoms with Crippen LogP contribution in [0, 0.1) is 6.92 Å². The number of ether oxygens (including phenoxy) is 1. The molecule has 0 amide bonds. The summed E-state index contributed by atoms with van der Waals surface area (Å²) in [6.07, 6.45) is 0.946. The van der Waals surface area contributed by atoms with Crippen LogP contribution in [-0.2, 0) is 11.7 Å². The van der Waals surface area contributed by atoms with Crippen molar-refractivity contribution in [1.29, 1.82) is 0 Å². The second kappa shape index (κ2) is 8.21. The summed E-state index contributed by atoms with van der Waals surface area (Å²) in [5, 5.41) is 12.0. The smallest absolute Gasteiger partial charge is 0.161 e. The first-order valence-electron chi connectivity index (χ1n) is 8.70. The molecule has 0 aromatic heterocycles. The van der Waals surface area contributed by atoms with Crippen molar-refractivity contribution >= 4 is 13.9 Å². The summed E-state index contributed by atoms with van der Waals surface area (Å²) in [6.45, 7) is 7.54. The normalized spacial score (nSPS) is 14.2. The number of hydrogen-bond donors (Lipinski definition) is 1. The molecule has 2 rings (SSSR count). The topological polar surface area (TPSA) is 32.7 Å². The van der Waals surface area contributed by atoms with Crippen molar-refractivity contribution in [3.05, 3.63) is 53.1 Å². The van der Waals surface area contributed by atoms with Gasteiger partial charge in [0.25, 0.3) is 0 Å². The second-order valence-corrected chi connectivity index (χ2v) is 8.87. The zero-order chi connectivity index (χ0) is 18.6. The van der Waals surface area contributed by atoms with Crippen LogP contribution in [0.3, 0.4) is 0 Å². The number of rotatable bonds is 7. The Morgan fingerprint density at radius 1 is 1.16 bits per heavy atom. The molecule has 2 unspecified atom stereocenters. The lowest BCUT2D eigenvalue weighted by Gasteiger charge is -2.32. The molecule has 3 nitrogen and oxygen atoms in total. The summed E-state index contributed by atoms with van der Waals surface area (Å²) in [5.74, 6) is 0.810. The third-order valence-electron chi connectivity index (χ3n) is 4.77. The van der Waals surface area contributed by atoms with E-state index in [1.807, 2.05) is 18.2 Å². The fraction of sp³-hybridized carbons (Fsp3) is 0.429. The van der Waals surface area contributed by atoms with Crippen LogP contribution in [0.4, 0.5) is 0 Å². The Bertz CT molecular complexity index is 730. The van der Waals surface area contributed by atoms with Gasteiger partial charge < -0.3 is 14.7 Å². The first-order valence-corrected chi connectivity index (χ1v) is 9.70. The molecule has 4 heteroatoms. The second-order valence-electron chi connectivity index (χ2n) is 7.01. The number of aromatic hydroxyl groups is 1. The SMILES string of the molecule is CCC(C)(Pc1c(C)cccc1CN(C)C)c1cccc(OC)c1O. The number of methoxy groups -OCH3 is 1. The van der Waals surface area contributed by atoms with Crippen LogP contribution in [0.25, 0.3) is 0 Å². The molecule has 0 saturated carbocycles. The van der Waals surface area contributed by atoms with Crippen molar-refractivity contribution in [1.82, 2.24) is 4.90 Å². The zero-order valence-electron chi connectivity index (χ0n) is 16.2. The number of benzene rings is 2. The third-order valence-corrected chi connectivity index (χ3v) is 6.91. The quantitative estimate of drug-likeness (QED) is 0.744. The highest BCUT2D eigenvalue weighted by atomic mass is 31.1. The van der Waals surface area contributed by atoms with Crippen LogP contribution in [0.2, 0.25) is 0 Å². The summed E-state index contributed by atoms with van der Waals surface area (Å²) >= 11 is 0. The summed E-state index contributed by atoms with van der Waals surface area (Å²) in [5.41, 5.74) is 3.65. The Morgan fingerprint density at radius 2 is 1.84 bits per heavy atom. The van der Waals surface area contributed by atoms with E-state index >= 15 is 0 Å². The fourth-order valence-corrected chi connectivity index (χ4v) is 4.80. The van der Waals surface area contributed by atoms with Gasteiger partial charge in [-0.25, -0.2) is 0 Å². The van der Waals surface area contributed by atoms with Crippen molar-refractivity contribution in [3.8, 4) is 11.5 Å². The molecule has 2 aromatic carbocycles. The number of phenols is 1. The number of phenolic OH excluding ortho intramolecular Hbond substituents is 1. The molecule has 2 aromatic rings. The zero-order valence-corrected chi connectivity index (χ0v) is 17.2. The standard InChI is InChI=1S/C21H30NO2P/c1-7-21(3,17-12-9-13-18(24-6)19(17)23)25-20-15(2)10-8-11-16(20)14-22(4)5/h8-13,23,25H,7,14H2,1-6H3. The summed E-state index contributed by atoms with van der Waals surface area (Å²) in [4.78, 5) is 2.20. The maximum Gasteiger partial charge on any atom is 0.161 e. The molecule has 0 aliphatic heterocycles. The summed E-state index contributed by atoms with van der Waals surface area (Å²) < 4.78 is 5.32. The minimum absolute atomic E-state index is 0.133. The first-order chi connectivity index (χ1) is 11.8. The molecule has 0 spiro atoms. The number of hydrogen-bond acceptors (Lipinski definition) is 3. The van der Waals surface area contributed by atoms with E-state index in [0.717, 1.165) is 18.5 Å². The predicted molar refractivity (Wildman–Crippen MR) is 109 cm³/mol. The van der Waals surface area contributed by atoms with Crippen LogP contribution >= 0.6 is 8.58 Å². The lowest BCUT2D eigenvalue weighted by molar-refractivity contribution is 0.367. The van der Waals surface area contributed by atoms with E-state index in [0.29, 0.717) is 14.3 Å². The molecule has 0 saturated heterocycles. The van der Waals surface area contributed by atoms with Crippen LogP contribution in [0.1, 0.15) is 37.0 Å². The van der Waals surface area contributed by atoms with E-state index < -0.39 is 0 Å². The van der Waals surface area contributed by atoms with E-state index in [1.165, 1.54) is 16.4 Å². The van der Waals surface area contributed by atoms with Crippen LogP contribution in [0.15, 0.2) is 36.4 Å². The maximum absolute atomic E-state index is 10.7. The van der Waals surface area contributed by atoms with Crippen LogP contribution < -0.4 is 10.0 Å². The molecular formula is C21H30NO2P. The lowest BCUT2D eigenvalue weighted by Crippen LogP contribution is -2.24. The molecule has 136 valence electrons. The molecule has 0 aliphatic rings. The van der Waals surface area contributed by atoms with E-state index in [-0.39, 0.29) is 10.9 Å². The van der Waals surface area contributed by atoms with Gasteiger partial charge in [0.15, 0.2) is 11.5 Å². The minimum atomic E-state index is -0.133. The molecule has 25 heavy (non-hydrogen) atoms. The van der Waals surface area contributed by atoms with Crippen LogP contribution in [-0.4, -0.2) is 31.2 Å². The summed E-state index contributed by atoms with van der Waals surface area (Å²) in [7, 11) is 6.37. The molecule has 1 N–H and O–H groups in total. The van der Waals surface area contributed by atoms with Gasteiger partial charge in [0.2, 0.25) is 0 Å². The molecule has 0 bridgehead atoms. The molecule has 0 heterocycles. The Morgan fingerprint density at radius 3 is 2.44 bits per heavy atom. The van der Waals surface area contributed by atoms with E-state index in [1.54, 1.807) is 7.11 Å². The minimum Gasteiger partial charge on any atom is -0.504 e. The highest BCUT2D eigenvalue weighted by Gasteiger charge is 2.30. The number of aryl methyl sites for hydroxylation is 1. The van der Waals surface area contributed by atoms with E-state index in [4.69, 9.17) is 4.74 Å². The Hall–Kier alpha value is -1.57. The average Bonchev–Trinajstić information content (AvgIpc) is 2.57. The molecule has 0 fully saturated rings. The predicted octanol–water partition coefficient (Wildman–Crippen LogP) is 4.40. The fourth-order valence-electron chi connectivity index (χ4n) is 3.13. The number of nitrogens with zero attached hydrogens (tertiary/aromatic N) is 1. The molecular weight excluding hydrogens is 329 g/mol. The highest BCUT2D eigenvalue weighted by Crippen LogP contribution is 2.49. The largest absolute Gasteiger partial charge is 0.504 e. The molecule has 0 aliphatic carbocycles. The van der Waals surface area contributed by atoms with Gasteiger partial charge in [-0.3, -0.25) is 0 Å². The van der Waals surface area contributed by atoms with Gasteiger partial charge in [0, 0.05) is 17.3 Å². The Labute approximate surface area is 153 Å². The molecule has 0 radical (unpaired) electrons. The van der Waals surface area contributed by atoms with Crippen molar-refractivity contribution in [2.75, 3.05) is 21.2 Å². The highest BCUT2D eigenvalue weighted by molar-refractivity contribution is 7.48. The lowest BCUT2D eigenvalue weighted by atomic mass is 9.96. The third kappa shape index (κ3) is 4.34. The van der Waals surface area contributed by atoms with Gasteiger partial charge in [-0.15, -0.1) is 0 Å². The van der Waals surface area contributed by atoms with Gasteiger partial charge in [-0.05, 0) is 49.9 Å². The maximum atomic E-state index is 10.7. The van der Waals surface area contributed by atoms with Gasteiger partial charge >= 0.3 is 0 Å². The summed E-state index contributed by atoms with van der Waals surface area (Å²) in [6, 6.07) is 12.3. The average molecular weight is 359 g/mol. The Kier molecular flexibility index (Phi) is 6.48. The Balaban J connectivity index is 2.50. The van der Waals surface area contributed by atoms with Crippen LogP contribution in [0.5, 0.6) is 11.5 Å². The van der Waals surface area contributed by atoms with E-state index in [9.17, 15) is 5.11 Å². The number of para-hydroxylation sites is 1. The van der Waals surface area contributed by atoms with E-state index in [2.05, 4.69) is 58.0 Å². The van der Waals surface area contributed by atoms with Gasteiger partial charge in [0.1, 0.15) is 0 Å².